The fourth-order valence-corrected chi connectivity index (χ4v) is 3.00. The molecule has 0 aliphatic heterocycles. The monoisotopic (exact) mass is 347 g/mol. The number of nitrogens with one attached hydrogen (secondary N) is 1. The van der Waals surface area contributed by atoms with Crippen LogP contribution >= 0.6 is 0 Å². The van der Waals surface area contributed by atoms with Crippen molar-refractivity contribution in [3.05, 3.63) is 58.7 Å². The molecule has 0 saturated heterocycles. The van der Waals surface area contributed by atoms with Crippen molar-refractivity contribution in [1.82, 2.24) is 4.98 Å². The zero-order valence-electron chi connectivity index (χ0n) is 13.7. The molecule has 0 bridgehead atoms. The summed E-state index contributed by atoms with van der Waals surface area (Å²) in [6.07, 6.45) is -4.73. The average molecular weight is 347 g/mol. The maximum Gasteiger partial charge on any atom is 0.416 e. The first-order valence-corrected chi connectivity index (χ1v) is 7.68. The van der Waals surface area contributed by atoms with E-state index in [0.717, 1.165) is 34.2 Å². The molecule has 0 unspecified atom stereocenters. The molecule has 0 atom stereocenters. The van der Waals surface area contributed by atoms with Crippen LogP contribution in [0, 0.1) is 13.8 Å². The lowest BCUT2D eigenvalue weighted by Gasteiger charge is -2.09. The third-order valence-corrected chi connectivity index (χ3v) is 4.42. The summed E-state index contributed by atoms with van der Waals surface area (Å²) in [6.45, 7) is 3.82. The highest BCUT2D eigenvalue weighted by Crippen LogP contribution is 2.36. The number of fused-ring (bicyclic) bond motifs is 1. The number of hydrogen-bond donors (Lipinski definition) is 2. The minimum atomic E-state index is -4.46. The summed E-state index contributed by atoms with van der Waals surface area (Å²) in [5.41, 5.74) is 3.18. The van der Waals surface area contributed by atoms with Crippen LogP contribution in [-0.4, -0.2) is 16.1 Å². The van der Waals surface area contributed by atoms with Gasteiger partial charge >= 0.3 is 12.1 Å². The molecule has 0 saturated carbocycles. The van der Waals surface area contributed by atoms with Crippen molar-refractivity contribution >= 4 is 16.9 Å². The van der Waals surface area contributed by atoms with Gasteiger partial charge in [0, 0.05) is 10.9 Å². The van der Waals surface area contributed by atoms with Crippen LogP contribution in [0.25, 0.3) is 22.2 Å². The van der Waals surface area contributed by atoms with Crippen LogP contribution in [0.3, 0.4) is 0 Å². The fourth-order valence-electron chi connectivity index (χ4n) is 3.00. The molecule has 0 radical (unpaired) electrons. The molecule has 3 aromatic rings. The number of rotatable bonds is 3. The molecule has 1 aromatic heterocycles. The number of aliphatic carboxylic acids is 1. The molecule has 3 rings (SSSR count). The number of aromatic amines is 1. The van der Waals surface area contributed by atoms with Gasteiger partial charge in [-0.1, -0.05) is 24.3 Å². The highest BCUT2D eigenvalue weighted by atomic mass is 19.4. The summed E-state index contributed by atoms with van der Waals surface area (Å²) < 4.78 is 39.0. The summed E-state index contributed by atoms with van der Waals surface area (Å²) in [5, 5.41) is 9.95. The Morgan fingerprint density at radius 2 is 1.88 bits per heavy atom. The van der Waals surface area contributed by atoms with Crippen molar-refractivity contribution < 1.29 is 23.1 Å². The zero-order chi connectivity index (χ0) is 18.4. The van der Waals surface area contributed by atoms with Gasteiger partial charge in [-0.05, 0) is 48.2 Å². The van der Waals surface area contributed by atoms with E-state index in [1.54, 1.807) is 6.07 Å². The first-order chi connectivity index (χ1) is 11.7. The van der Waals surface area contributed by atoms with Gasteiger partial charge < -0.3 is 10.1 Å². The molecule has 25 heavy (non-hydrogen) atoms. The third-order valence-electron chi connectivity index (χ3n) is 4.42. The van der Waals surface area contributed by atoms with Crippen molar-refractivity contribution in [3.63, 3.8) is 0 Å². The van der Waals surface area contributed by atoms with Crippen molar-refractivity contribution in [2.45, 2.75) is 26.4 Å². The fraction of sp³-hybridized carbons (Fsp3) is 0.211. The Balaban J connectivity index is 2.28. The van der Waals surface area contributed by atoms with Gasteiger partial charge in [-0.25, -0.2) is 0 Å². The Kier molecular flexibility index (Phi) is 4.06. The van der Waals surface area contributed by atoms with E-state index in [9.17, 15) is 23.1 Å². The number of alkyl halides is 3. The minimum absolute atomic E-state index is 0.270. The molecule has 1 heterocycles. The van der Waals surface area contributed by atoms with Crippen LogP contribution in [-0.2, 0) is 17.4 Å². The van der Waals surface area contributed by atoms with Gasteiger partial charge in [-0.3, -0.25) is 4.79 Å². The number of benzene rings is 2. The Morgan fingerprint density at radius 3 is 2.52 bits per heavy atom. The predicted octanol–water partition coefficient (Wildman–Crippen LogP) is 5.10. The van der Waals surface area contributed by atoms with Crippen molar-refractivity contribution in [2.24, 2.45) is 0 Å². The number of carbonyl (C=O) groups is 1. The lowest BCUT2D eigenvalue weighted by atomic mass is 9.99. The van der Waals surface area contributed by atoms with Gasteiger partial charge in [0.15, 0.2) is 0 Å². The maximum atomic E-state index is 13.0. The molecule has 2 N–H and O–H groups in total. The van der Waals surface area contributed by atoms with Crippen LogP contribution in [0.2, 0.25) is 0 Å². The average Bonchev–Trinajstić information content (AvgIpc) is 2.89. The molecule has 0 fully saturated rings. The molecule has 0 aliphatic carbocycles. The molecule has 3 nitrogen and oxygen atoms in total. The number of H-pyrrole nitrogens is 1. The second kappa shape index (κ2) is 5.95. The lowest BCUT2D eigenvalue weighted by molar-refractivity contribution is -0.138. The standard InChI is InChI=1S/C19H16F3NO2/c1-10-6-7-14-15(9-16(24)25)18(23-17(14)11(10)2)12-4-3-5-13(8-12)19(20,21)22/h3-8,23H,9H2,1-2H3,(H,24,25). The maximum absolute atomic E-state index is 13.0. The lowest BCUT2D eigenvalue weighted by Crippen LogP contribution is -2.05. The second-order valence-corrected chi connectivity index (χ2v) is 6.06. The SMILES string of the molecule is Cc1ccc2c(CC(=O)O)c(-c3cccc(C(F)(F)F)c3)[nH]c2c1C. The molecule has 130 valence electrons. The smallest absolute Gasteiger partial charge is 0.416 e. The molecule has 6 heteroatoms. The minimum Gasteiger partial charge on any atom is -0.481 e. The highest BCUT2D eigenvalue weighted by Gasteiger charge is 2.31. The number of aryl methyl sites for hydroxylation is 2. The van der Waals surface area contributed by atoms with Crippen LogP contribution in [0.15, 0.2) is 36.4 Å². The third kappa shape index (κ3) is 3.12. The molecule has 0 aliphatic rings. The Morgan fingerprint density at radius 1 is 1.16 bits per heavy atom. The van der Waals surface area contributed by atoms with Gasteiger partial charge in [-0.2, -0.15) is 13.2 Å². The van der Waals surface area contributed by atoms with Crippen molar-refractivity contribution in [3.8, 4) is 11.3 Å². The number of hydrogen-bond acceptors (Lipinski definition) is 1. The summed E-state index contributed by atoms with van der Waals surface area (Å²) in [5.74, 6) is -1.03. The molecular weight excluding hydrogens is 331 g/mol. The first-order valence-electron chi connectivity index (χ1n) is 7.68. The van der Waals surface area contributed by atoms with Crippen LogP contribution < -0.4 is 0 Å². The quantitative estimate of drug-likeness (QED) is 0.693. The van der Waals surface area contributed by atoms with E-state index in [0.29, 0.717) is 16.8 Å². The largest absolute Gasteiger partial charge is 0.481 e. The number of carboxylic acids is 1. The number of carboxylic acid groups (broad SMARTS) is 1. The van der Waals surface area contributed by atoms with Crippen molar-refractivity contribution in [2.75, 3.05) is 0 Å². The van der Waals surface area contributed by atoms with Gasteiger partial charge in [0.2, 0.25) is 0 Å². The number of halogens is 3. The normalized spacial score (nSPS) is 11.9. The highest BCUT2D eigenvalue weighted by molar-refractivity contribution is 5.96. The summed E-state index contributed by atoms with van der Waals surface area (Å²) >= 11 is 0. The Hall–Kier alpha value is -2.76. The van der Waals surface area contributed by atoms with Gasteiger partial charge in [0.1, 0.15) is 0 Å². The van der Waals surface area contributed by atoms with E-state index >= 15 is 0 Å². The van der Waals surface area contributed by atoms with E-state index in [-0.39, 0.29) is 6.42 Å². The van der Waals surface area contributed by atoms with E-state index in [1.165, 1.54) is 6.07 Å². The Labute approximate surface area is 142 Å². The van der Waals surface area contributed by atoms with Crippen LogP contribution in [0.5, 0.6) is 0 Å². The predicted molar refractivity (Wildman–Crippen MR) is 89.6 cm³/mol. The van der Waals surface area contributed by atoms with Gasteiger partial charge in [-0.15, -0.1) is 0 Å². The second-order valence-electron chi connectivity index (χ2n) is 6.06. The molecule has 0 spiro atoms. The number of aromatic nitrogens is 1. The van der Waals surface area contributed by atoms with Gasteiger partial charge in [0.05, 0.1) is 17.7 Å². The topological polar surface area (TPSA) is 53.1 Å². The van der Waals surface area contributed by atoms with Crippen LogP contribution in [0.4, 0.5) is 13.2 Å². The Bertz CT molecular complexity index is 971. The molecular formula is C19H16F3NO2. The first kappa shape index (κ1) is 17.1. The van der Waals surface area contributed by atoms with Crippen molar-refractivity contribution in [1.29, 1.82) is 0 Å². The summed E-state index contributed by atoms with van der Waals surface area (Å²) in [6, 6.07) is 8.60. The van der Waals surface area contributed by atoms with E-state index in [2.05, 4.69) is 4.98 Å². The van der Waals surface area contributed by atoms with E-state index in [4.69, 9.17) is 0 Å². The van der Waals surface area contributed by atoms with E-state index < -0.39 is 17.7 Å². The van der Waals surface area contributed by atoms with E-state index in [1.807, 2.05) is 26.0 Å². The van der Waals surface area contributed by atoms with Gasteiger partial charge in [0.25, 0.3) is 0 Å². The molecule has 0 amide bonds. The summed E-state index contributed by atoms with van der Waals surface area (Å²) in [7, 11) is 0. The zero-order valence-corrected chi connectivity index (χ0v) is 13.7. The van der Waals surface area contributed by atoms with Crippen LogP contribution in [0.1, 0.15) is 22.3 Å². The summed E-state index contributed by atoms with van der Waals surface area (Å²) in [4.78, 5) is 14.4. The molecule has 2 aromatic carbocycles.